The van der Waals surface area contributed by atoms with Gasteiger partial charge in [0.25, 0.3) is 5.91 Å². The number of nitrogens with zero attached hydrogens (tertiary/aromatic N) is 2. The van der Waals surface area contributed by atoms with E-state index in [0.717, 1.165) is 72.2 Å². The minimum atomic E-state index is -1.95. The van der Waals surface area contributed by atoms with Crippen LogP contribution in [-0.4, -0.2) is 50.3 Å². The van der Waals surface area contributed by atoms with Gasteiger partial charge in [0.05, 0.1) is 34.7 Å². The Hall–Kier alpha value is -3.18. The Bertz CT molecular complexity index is 2050. The summed E-state index contributed by atoms with van der Waals surface area (Å²) < 4.78 is 16.2. The third-order valence-electron chi connectivity index (χ3n) is 9.62. The maximum Gasteiger partial charge on any atom is 0.343 e. The molecule has 2 N–H and O–H groups in total. The van der Waals surface area contributed by atoms with Gasteiger partial charge in [0.1, 0.15) is 6.23 Å². The molecule has 222 valence electrons. The molecular formula is C33H33N3O5S2. The molecule has 0 unspecified atom stereocenters. The fraction of sp³-hybridized carbons (Fsp3) is 0.394. The smallest absolute Gasteiger partial charge is 0.343 e. The van der Waals surface area contributed by atoms with Crippen molar-refractivity contribution in [1.29, 1.82) is 0 Å². The second-order valence-corrected chi connectivity index (χ2v) is 14.3. The van der Waals surface area contributed by atoms with Crippen LogP contribution in [0.5, 0.6) is 0 Å². The van der Waals surface area contributed by atoms with Crippen LogP contribution >= 0.6 is 23.5 Å². The molecule has 0 spiro atoms. The van der Waals surface area contributed by atoms with Crippen molar-refractivity contribution in [1.82, 2.24) is 14.5 Å². The second kappa shape index (κ2) is 9.41. The van der Waals surface area contributed by atoms with Crippen LogP contribution in [0.25, 0.3) is 43.6 Å². The van der Waals surface area contributed by atoms with Crippen LogP contribution in [-0.2, 0) is 38.0 Å². The third kappa shape index (κ3) is 3.38. The summed E-state index contributed by atoms with van der Waals surface area (Å²) in [6, 6.07) is 12.8. The number of rotatable bonds is 7. The fourth-order valence-corrected chi connectivity index (χ4v) is 8.95. The predicted molar refractivity (Wildman–Crippen MR) is 173 cm³/mol. The Morgan fingerprint density at radius 2 is 1.70 bits per heavy atom. The van der Waals surface area contributed by atoms with Crippen LogP contribution in [0.3, 0.4) is 0 Å². The van der Waals surface area contributed by atoms with Gasteiger partial charge >= 0.3 is 5.97 Å². The Morgan fingerprint density at radius 3 is 2.35 bits per heavy atom. The molecule has 43 heavy (non-hydrogen) atoms. The van der Waals surface area contributed by atoms with Crippen molar-refractivity contribution < 1.29 is 24.2 Å². The number of carbonyl (C=O) groups excluding carboxylic acids is 2. The lowest BCUT2D eigenvalue weighted by Gasteiger charge is -2.37. The monoisotopic (exact) mass is 615 g/mol. The number of esters is 1. The topological polar surface area (TPSA) is 94.7 Å². The highest BCUT2D eigenvalue weighted by Crippen LogP contribution is 2.58. The number of amides is 1. The number of ether oxygens (including phenoxy) is 2. The number of hydrogen-bond acceptors (Lipinski definition) is 7. The van der Waals surface area contributed by atoms with Gasteiger partial charge in [-0.2, -0.15) is 23.5 Å². The summed E-state index contributed by atoms with van der Waals surface area (Å²) in [7, 11) is 1.30. The van der Waals surface area contributed by atoms with E-state index in [0.29, 0.717) is 12.1 Å². The predicted octanol–water partition coefficient (Wildman–Crippen LogP) is 6.16. The van der Waals surface area contributed by atoms with Crippen LogP contribution in [0.1, 0.15) is 60.5 Å². The quantitative estimate of drug-likeness (QED) is 0.212. The van der Waals surface area contributed by atoms with Crippen molar-refractivity contribution in [3.8, 4) is 0 Å². The van der Waals surface area contributed by atoms with Crippen molar-refractivity contribution >= 4 is 79.0 Å². The van der Waals surface area contributed by atoms with Gasteiger partial charge in [0, 0.05) is 46.0 Å². The van der Waals surface area contributed by atoms with Crippen molar-refractivity contribution in [3.05, 3.63) is 58.7 Å². The summed E-state index contributed by atoms with van der Waals surface area (Å²) in [5.74, 6) is 2.95. The number of thioether (sulfide) groups is 2. The lowest BCUT2D eigenvalue weighted by Crippen LogP contribution is -2.56. The van der Waals surface area contributed by atoms with Gasteiger partial charge in [-0.15, -0.1) is 0 Å². The van der Waals surface area contributed by atoms with E-state index in [2.05, 4.69) is 60.1 Å². The maximum absolute atomic E-state index is 13.7. The summed E-state index contributed by atoms with van der Waals surface area (Å²) in [5.41, 5.74) is 4.14. The van der Waals surface area contributed by atoms with Crippen LogP contribution < -0.4 is 5.32 Å². The average molecular weight is 616 g/mol. The van der Waals surface area contributed by atoms with Crippen LogP contribution in [0.15, 0.2) is 36.4 Å². The Kier molecular flexibility index (Phi) is 5.99. The van der Waals surface area contributed by atoms with Gasteiger partial charge in [-0.05, 0) is 59.4 Å². The molecule has 0 radical (unpaired) electrons. The Balaban J connectivity index is 1.60. The molecule has 1 amide bonds. The van der Waals surface area contributed by atoms with Gasteiger partial charge in [-0.1, -0.05) is 26.0 Å². The molecule has 1 saturated heterocycles. The molecule has 0 aliphatic carbocycles. The van der Waals surface area contributed by atoms with E-state index in [9.17, 15) is 14.7 Å². The van der Waals surface area contributed by atoms with Crippen LogP contribution in [0, 0.1) is 0 Å². The van der Waals surface area contributed by atoms with Crippen molar-refractivity contribution in [2.24, 2.45) is 0 Å². The molecule has 1 fully saturated rings. The first-order valence-electron chi connectivity index (χ1n) is 14.8. The first-order chi connectivity index (χ1) is 20.8. The van der Waals surface area contributed by atoms with E-state index in [1.807, 2.05) is 28.1 Å². The highest BCUT2D eigenvalue weighted by Gasteiger charge is 2.65. The zero-order valence-electron chi connectivity index (χ0n) is 24.6. The maximum atomic E-state index is 13.7. The summed E-state index contributed by atoms with van der Waals surface area (Å²) in [4.78, 5) is 27.1. The second-order valence-electron chi connectivity index (χ2n) is 11.8. The van der Waals surface area contributed by atoms with Crippen molar-refractivity contribution in [2.75, 3.05) is 18.6 Å². The van der Waals surface area contributed by atoms with Gasteiger partial charge in [0.2, 0.25) is 5.60 Å². The molecule has 2 bridgehead atoms. The molecule has 3 aromatic carbocycles. The standard InChI is InChI=1S/C33H33N3O5S2/c1-5-42-15-17-7-9-22-19(11-17)26-27-21(14-34-30(27)37)25-20-12-18(16-43-6-2)8-10-23(20)36-29(25)28(26)35(22)24-13-33(39,31(38)40-4)32(36,3)41-24/h7-12,24,39H,5-6,13-16H2,1-4H3,(H,34,37)/t24-,32+,33-/m1/s1. The fourth-order valence-electron chi connectivity index (χ4n) is 7.71. The number of benzene rings is 3. The largest absolute Gasteiger partial charge is 0.467 e. The van der Waals surface area contributed by atoms with E-state index < -0.39 is 23.5 Å². The van der Waals surface area contributed by atoms with E-state index >= 15 is 0 Å². The number of hydrogen-bond donors (Lipinski definition) is 2. The first kappa shape index (κ1) is 27.4. The van der Waals surface area contributed by atoms with Gasteiger partial charge in [0.15, 0.2) is 5.72 Å². The summed E-state index contributed by atoms with van der Waals surface area (Å²) in [6.45, 7) is 6.50. The molecule has 2 aromatic heterocycles. The Labute approximate surface area is 257 Å². The number of carbonyl (C=O) groups is 2. The molecule has 3 atom stereocenters. The molecule has 5 aromatic rings. The molecule has 8 rings (SSSR count). The molecular weight excluding hydrogens is 583 g/mol. The minimum Gasteiger partial charge on any atom is -0.467 e. The molecule has 8 nitrogen and oxygen atoms in total. The van der Waals surface area contributed by atoms with E-state index in [4.69, 9.17) is 9.47 Å². The normalized spacial score (nSPS) is 24.0. The third-order valence-corrected chi connectivity index (χ3v) is 11.5. The molecule has 3 aliphatic rings. The summed E-state index contributed by atoms with van der Waals surface area (Å²) in [5, 5.41) is 19.2. The zero-order chi connectivity index (χ0) is 29.8. The lowest BCUT2D eigenvalue weighted by atomic mass is 9.88. The van der Waals surface area contributed by atoms with Gasteiger partial charge in [-0.25, -0.2) is 4.79 Å². The first-order valence-corrected chi connectivity index (χ1v) is 17.1. The van der Waals surface area contributed by atoms with Gasteiger partial charge < -0.3 is 29.0 Å². The zero-order valence-corrected chi connectivity index (χ0v) is 26.2. The lowest BCUT2D eigenvalue weighted by molar-refractivity contribution is -0.202. The van der Waals surface area contributed by atoms with Crippen LogP contribution in [0.4, 0.5) is 0 Å². The molecule has 5 heterocycles. The molecule has 3 aliphatic heterocycles. The van der Waals surface area contributed by atoms with E-state index in [1.165, 1.54) is 18.2 Å². The van der Waals surface area contributed by atoms with Gasteiger partial charge in [-0.3, -0.25) is 4.79 Å². The summed E-state index contributed by atoms with van der Waals surface area (Å²) >= 11 is 3.71. The summed E-state index contributed by atoms with van der Waals surface area (Å²) in [6.07, 6.45) is -0.650. The highest BCUT2D eigenvalue weighted by atomic mass is 32.2. The number of aromatic nitrogens is 2. The van der Waals surface area contributed by atoms with E-state index in [-0.39, 0.29) is 12.3 Å². The number of fused-ring (bicyclic) bond motifs is 13. The Morgan fingerprint density at radius 1 is 1.05 bits per heavy atom. The van der Waals surface area contributed by atoms with Crippen molar-refractivity contribution in [3.63, 3.8) is 0 Å². The van der Waals surface area contributed by atoms with E-state index in [1.54, 1.807) is 6.92 Å². The highest BCUT2D eigenvalue weighted by molar-refractivity contribution is 7.98. The molecule has 10 heteroatoms. The SMILES string of the molecule is CCSCc1ccc2c(c1)c1c3c(c4c5cc(CSCC)ccc5n5c4c1n2[C@H]1C[C@@](O)(C(=O)OC)[C@]5(C)O1)CNC3=O. The van der Waals surface area contributed by atoms with Crippen LogP contribution in [0.2, 0.25) is 0 Å². The van der Waals surface area contributed by atoms with Crippen molar-refractivity contribution in [2.45, 2.75) is 62.8 Å². The number of aliphatic hydroxyl groups is 1. The molecule has 0 saturated carbocycles. The number of nitrogens with one attached hydrogen (secondary N) is 1. The minimum absolute atomic E-state index is 0.0115. The number of methoxy groups -OCH3 is 1. The average Bonchev–Trinajstić information content (AvgIpc) is 3.70.